The van der Waals surface area contributed by atoms with Crippen molar-refractivity contribution >= 4 is 12.0 Å². The van der Waals surface area contributed by atoms with Crippen molar-refractivity contribution in [3.8, 4) is 0 Å². The van der Waals surface area contributed by atoms with Crippen LogP contribution in [0.3, 0.4) is 0 Å². The van der Waals surface area contributed by atoms with Crippen molar-refractivity contribution in [3.05, 3.63) is 0 Å². The molecule has 0 spiro atoms. The van der Waals surface area contributed by atoms with Crippen LogP contribution < -0.4 is 0 Å². The summed E-state index contributed by atoms with van der Waals surface area (Å²) in [6.07, 6.45) is 3.00. The second kappa shape index (κ2) is 5.62. The Kier molecular flexibility index (Phi) is 4.25. The van der Waals surface area contributed by atoms with E-state index in [1.54, 1.807) is 4.90 Å². The van der Waals surface area contributed by atoms with E-state index in [0.717, 1.165) is 6.54 Å². The molecule has 5 heteroatoms. The third-order valence-electron chi connectivity index (χ3n) is 4.93. The van der Waals surface area contributed by atoms with Gasteiger partial charge in [0.05, 0.1) is 5.41 Å². The smallest absolute Gasteiger partial charge is 0.320 e. The molecule has 20 heavy (non-hydrogen) atoms. The number of amides is 2. The average Bonchev–Trinajstić information content (AvgIpc) is 3.09. The number of nitrogens with zero attached hydrogens (tertiary/aromatic N) is 2. The van der Waals surface area contributed by atoms with Gasteiger partial charge in [-0.25, -0.2) is 4.79 Å². The molecule has 1 aliphatic heterocycles. The van der Waals surface area contributed by atoms with E-state index in [4.69, 9.17) is 0 Å². The maximum Gasteiger partial charge on any atom is 0.320 e. The summed E-state index contributed by atoms with van der Waals surface area (Å²) in [7, 11) is 0. The molecule has 114 valence electrons. The SMILES string of the molecule is CCN(CC1CC1)C(=O)N1CCC(C(=O)O)(C(C)C)C1. The zero-order valence-corrected chi connectivity index (χ0v) is 12.8. The van der Waals surface area contributed by atoms with Gasteiger partial charge in [0.1, 0.15) is 0 Å². The van der Waals surface area contributed by atoms with Gasteiger partial charge in [-0.2, -0.15) is 0 Å². The van der Waals surface area contributed by atoms with Gasteiger partial charge in [-0.1, -0.05) is 13.8 Å². The first kappa shape index (κ1) is 15.1. The molecule has 1 aliphatic carbocycles. The van der Waals surface area contributed by atoms with Crippen LogP contribution >= 0.6 is 0 Å². The second-order valence-corrected chi connectivity index (χ2v) is 6.55. The Morgan fingerprint density at radius 2 is 2.05 bits per heavy atom. The topological polar surface area (TPSA) is 60.9 Å². The van der Waals surface area contributed by atoms with Crippen LogP contribution in [-0.4, -0.2) is 53.1 Å². The van der Waals surface area contributed by atoms with Gasteiger partial charge in [-0.3, -0.25) is 4.79 Å². The van der Waals surface area contributed by atoms with Crippen LogP contribution in [0.15, 0.2) is 0 Å². The quantitative estimate of drug-likeness (QED) is 0.841. The monoisotopic (exact) mass is 282 g/mol. The number of hydrogen-bond acceptors (Lipinski definition) is 2. The lowest BCUT2D eigenvalue weighted by Crippen LogP contribution is -2.46. The van der Waals surface area contributed by atoms with Crippen LogP contribution in [-0.2, 0) is 4.79 Å². The Hall–Kier alpha value is -1.26. The molecule has 0 aromatic carbocycles. The van der Waals surface area contributed by atoms with Crippen molar-refractivity contribution in [2.24, 2.45) is 17.3 Å². The fourth-order valence-electron chi connectivity index (χ4n) is 3.04. The summed E-state index contributed by atoms with van der Waals surface area (Å²) in [6.45, 7) is 8.29. The molecule has 0 radical (unpaired) electrons. The summed E-state index contributed by atoms with van der Waals surface area (Å²) >= 11 is 0. The summed E-state index contributed by atoms with van der Waals surface area (Å²) in [6, 6.07) is 0.0168. The molecular formula is C15H26N2O3. The molecule has 0 bridgehead atoms. The number of urea groups is 1. The minimum atomic E-state index is -0.770. The van der Waals surface area contributed by atoms with E-state index in [1.165, 1.54) is 12.8 Å². The Bertz CT molecular complexity index is 393. The maximum atomic E-state index is 12.5. The fraction of sp³-hybridized carbons (Fsp3) is 0.867. The first-order valence-corrected chi connectivity index (χ1v) is 7.68. The molecule has 1 heterocycles. The molecule has 2 aliphatic rings. The number of carboxylic acids is 1. The van der Waals surface area contributed by atoms with Gasteiger partial charge < -0.3 is 14.9 Å². The minimum absolute atomic E-state index is 0.0168. The lowest BCUT2D eigenvalue weighted by Gasteiger charge is -2.31. The van der Waals surface area contributed by atoms with E-state index in [9.17, 15) is 14.7 Å². The number of hydrogen-bond donors (Lipinski definition) is 1. The van der Waals surface area contributed by atoms with E-state index in [2.05, 4.69) is 0 Å². The summed E-state index contributed by atoms with van der Waals surface area (Å²) in [4.78, 5) is 27.7. The summed E-state index contributed by atoms with van der Waals surface area (Å²) < 4.78 is 0. The van der Waals surface area contributed by atoms with Crippen LogP contribution in [0.5, 0.6) is 0 Å². The molecule has 1 atom stereocenters. The molecule has 2 fully saturated rings. The van der Waals surface area contributed by atoms with Gasteiger partial charge in [0.2, 0.25) is 0 Å². The molecule has 2 amide bonds. The number of aliphatic carboxylic acids is 1. The Morgan fingerprint density at radius 3 is 2.45 bits per heavy atom. The highest BCUT2D eigenvalue weighted by Gasteiger charge is 2.49. The second-order valence-electron chi connectivity index (χ2n) is 6.55. The molecule has 5 nitrogen and oxygen atoms in total. The van der Waals surface area contributed by atoms with E-state index in [0.29, 0.717) is 32.0 Å². The zero-order chi connectivity index (χ0) is 14.9. The first-order valence-electron chi connectivity index (χ1n) is 7.68. The van der Waals surface area contributed by atoms with Crippen molar-refractivity contribution in [1.29, 1.82) is 0 Å². The lowest BCUT2D eigenvalue weighted by molar-refractivity contribution is -0.150. The third kappa shape index (κ3) is 2.76. The predicted octanol–water partition coefficient (Wildman–Crippen LogP) is 2.27. The van der Waals surface area contributed by atoms with E-state index >= 15 is 0 Å². The highest BCUT2D eigenvalue weighted by Crippen LogP contribution is 2.39. The molecule has 1 saturated carbocycles. The average molecular weight is 282 g/mol. The van der Waals surface area contributed by atoms with Gasteiger partial charge in [0.25, 0.3) is 0 Å². The summed E-state index contributed by atoms with van der Waals surface area (Å²) in [5.41, 5.74) is -0.769. The largest absolute Gasteiger partial charge is 0.481 e. The van der Waals surface area contributed by atoms with Gasteiger partial charge in [0.15, 0.2) is 0 Å². The molecular weight excluding hydrogens is 256 g/mol. The van der Waals surface area contributed by atoms with Crippen molar-refractivity contribution < 1.29 is 14.7 Å². The fourth-order valence-corrected chi connectivity index (χ4v) is 3.04. The number of carboxylic acid groups (broad SMARTS) is 1. The van der Waals surface area contributed by atoms with Gasteiger partial charge in [-0.15, -0.1) is 0 Å². The number of carbonyl (C=O) groups is 2. The maximum absolute atomic E-state index is 12.5. The first-order chi connectivity index (χ1) is 9.40. The van der Waals surface area contributed by atoms with Crippen molar-refractivity contribution in [2.45, 2.75) is 40.0 Å². The molecule has 0 aromatic rings. The van der Waals surface area contributed by atoms with Crippen LogP contribution in [0.1, 0.15) is 40.0 Å². The molecule has 1 N–H and O–H groups in total. The summed E-state index contributed by atoms with van der Waals surface area (Å²) in [5.74, 6) is -0.0693. The van der Waals surface area contributed by atoms with Crippen molar-refractivity contribution in [1.82, 2.24) is 9.80 Å². The van der Waals surface area contributed by atoms with E-state index < -0.39 is 11.4 Å². The van der Waals surface area contributed by atoms with Gasteiger partial charge >= 0.3 is 12.0 Å². The van der Waals surface area contributed by atoms with Crippen molar-refractivity contribution in [2.75, 3.05) is 26.2 Å². The molecule has 2 rings (SSSR count). The highest BCUT2D eigenvalue weighted by molar-refractivity contribution is 5.80. The normalized spacial score (nSPS) is 26.1. The molecule has 1 unspecified atom stereocenters. The van der Waals surface area contributed by atoms with E-state index in [1.807, 2.05) is 25.7 Å². The van der Waals surface area contributed by atoms with Gasteiger partial charge in [-0.05, 0) is 38.0 Å². The Labute approximate surface area is 120 Å². The molecule has 1 saturated heterocycles. The zero-order valence-electron chi connectivity index (χ0n) is 12.8. The van der Waals surface area contributed by atoms with Gasteiger partial charge in [0, 0.05) is 26.2 Å². The van der Waals surface area contributed by atoms with E-state index in [-0.39, 0.29) is 11.9 Å². The molecule has 0 aromatic heterocycles. The Balaban J connectivity index is 2.03. The highest BCUT2D eigenvalue weighted by atomic mass is 16.4. The van der Waals surface area contributed by atoms with Crippen LogP contribution in [0, 0.1) is 17.3 Å². The van der Waals surface area contributed by atoms with Crippen LogP contribution in [0.2, 0.25) is 0 Å². The number of likely N-dealkylation sites (tertiary alicyclic amines) is 1. The van der Waals surface area contributed by atoms with Crippen LogP contribution in [0.25, 0.3) is 0 Å². The Morgan fingerprint density at radius 1 is 1.40 bits per heavy atom. The van der Waals surface area contributed by atoms with Crippen LogP contribution in [0.4, 0.5) is 4.79 Å². The lowest BCUT2D eigenvalue weighted by atomic mass is 9.76. The standard InChI is InChI=1S/C15H26N2O3/c1-4-16(9-12-5-6-12)14(20)17-8-7-15(10-17,11(2)3)13(18)19/h11-12H,4-10H2,1-3H3,(H,18,19). The third-order valence-corrected chi connectivity index (χ3v) is 4.93. The van der Waals surface area contributed by atoms with Crippen molar-refractivity contribution in [3.63, 3.8) is 0 Å². The number of rotatable bonds is 5. The summed E-state index contributed by atoms with van der Waals surface area (Å²) in [5, 5.41) is 9.53. The number of carbonyl (C=O) groups excluding carboxylic acids is 1. The predicted molar refractivity (Wildman–Crippen MR) is 76.5 cm³/mol. The minimum Gasteiger partial charge on any atom is -0.481 e.